The predicted octanol–water partition coefficient (Wildman–Crippen LogP) is 4.94. The van der Waals surface area contributed by atoms with Crippen LogP contribution in [0.4, 0.5) is 5.69 Å². The number of carbonyl (C=O) groups excluding carboxylic acids is 2. The first-order chi connectivity index (χ1) is 15.7. The molecule has 0 radical (unpaired) electrons. The molecule has 4 rings (SSSR count). The number of ether oxygens (including phenoxy) is 1. The van der Waals surface area contributed by atoms with Crippen LogP contribution in [-0.2, 0) is 20.9 Å². The summed E-state index contributed by atoms with van der Waals surface area (Å²) in [4.78, 5) is 37.2. The molecule has 0 aromatic heterocycles. The Hall–Kier alpha value is -3.74. The minimum atomic E-state index is -0.645. The van der Waals surface area contributed by atoms with Crippen molar-refractivity contribution in [2.45, 2.75) is 46.1 Å². The minimum absolute atomic E-state index is 0.0297. The van der Waals surface area contributed by atoms with Crippen LogP contribution in [-0.4, -0.2) is 16.7 Å². The van der Waals surface area contributed by atoms with Crippen LogP contribution in [0.25, 0.3) is 0 Å². The Balaban J connectivity index is 1.74. The number of allylic oxidation sites excluding steroid dienone is 3. The number of dihydropyridines is 1. The lowest BCUT2D eigenvalue weighted by Gasteiger charge is -2.39. The van der Waals surface area contributed by atoms with E-state index in [0.29, 0.717) is 35.2 Å². The topological polar surface area (TPSA) is 98.5 Å². The van der Waals surface area contributed by atoms with Crippen LogP contribution < -0.4 is 5.32 Å². The molecule has 1 heterocycles. The van der Waals surface area contributed by atoms with Crippen LogP contribution in [0.2, 0.25) is 0 Å². The van der Waals surface area contributed by atoms with E-state index in [1.165, 1.54) is 12.1 Å². The lowest BCUT2D eigenvalue weighted by atomic mass is 9.68. The molecule has 7 nitrogen and oxygen atoms in total. The van der Waals surface area contributed by atoms with E-state index in [0.717, 1.165) is 11.3 Å². The Morgan fingerprint density at radius 1 is 1.12 bits per heavy atom. The van der Waals surface area contributed by atoms with Gasteiger partial charge >= 0.3 is 5.97 Å². The molecule has 0 unspecified atom stereocenters. The maximum Gasteiger partial charge on any atom is 0.337 e. The minimum Gasteiger partial charge on any atom is -0.457 e. The van der Waals surface area contributed by atoms with Gasteiger partial charge in [-0.3, -0.25) is 14.9 Å². The highest BCUT2D eigenvalue weighted by atomic mass is 16.6. The Morgan fingerprint density at radius 2 is 1.79 bits per heavy atom. The summed E-state index contributed by atoms with van der Waals surface area (Å²) in [7, 11) is 0. The van der Waals surface area contributed by atoms with Gasteiger partial charge in [0.25, 0.3) is 5.69 Å². The first-order valence-electron chi connectivity index (χ1n) is 10.9. The quantitative estimate of drug-likeness (QED) is 0.397. The molecule has 0 fully saturated rings. The molecule has 7 heteroatoms. The van der Waals surface area contributed by atoms with Gasteiger partial charge in [-0.2, -0.15) is 0 Å². The number of esters is 1. The number of ketones is 1. The van der Waals surface area contributed by atoms with Crippen molar-refractivity contribution in [3.8, 4) is 0 Å². The van der Waals surface area contributed by atoms with Gasteiger partial charge in [0.1, 0.15) is 6.61 Å². The van der Waals surface area contributed by atoms with Gasteiger partial charge in [-0.05, 0) is 29.9 Å². The number of non-ortho nitro benzene ring substituents is 1. The zero-order valence-corrected chi connectivity index (χ0v) is 18.9. The Labute approximate surface area is 192 Å². The molecule has 1 aliphatic carbocycles. The van der Waals surface area contributed by atoms with Gasteiger partial charge in [0, 0.05) is 41.4 Å². The monoisotopic (exact) mass is 446 g/mol. The smallest absolute Gasteiger partial charge is 0.337 e. The van der Waals surface area contributed by atoms with E-state index >= 15 is 0 Å². The van der Waals surface area contributed by atoms with Crippen molar-refractivity contribution < 1.29 is 19.2 Å². The van der Waals surface area contributed by atoms with Crippen LogP contribution in [0, 0.1) is 15.5 Å². The average Bonchev–Trinajstić information content (AvgIpc) is 2.76. The molecule has 0 saturated carbocycles. The summed E-state index contributed by atoms with van der Waals surface area (Å²) in [5, 5.41) is 14.4. The Kier molecular flexibility index (Phi) is 5.89. The fourth-order valence-electron chi connectivity index (χ4n) is 4.63. The summed E-state index contributed by atoms with van der Waals surface area (Å²) in [5.41, 5.74) is 3.58. The molecule has 2 aromatic rings. The highest BCUT2D eigenvalue weighted by Crippen LogP contribution is 2.47. The largest absolute Gasteiger partial charge is 0.457 e. The first kappa shape index (κ1) is 22.5. The molecule has 0 bridgehead atoms. The fraction of sp³-hybridized carbons (Fsp3) is 0.308. The molecule has 2 aliphatic rings. The van der Waals surface area contributed by atoms with Crippen molar-refractivity contribution in [2.24, 2.45) is 5.41 Å². The third-order valence-electron chi connectivity index (χ3n) is 6.11. The van der Waals surface area contributed by atoms with Crippen LogP contribution >= 0.6 is 0 Å². The van der Waals surface area contributed by atoms with Gasteiger partial charge in [0.15, 0.2) is 5.78 Å². The zero-order valence-electron chi connectivity index (χ0n) is 18.9. The van der Waals surface area contributed by atoms with E-state index in [2.05, 4.69) is 5.32 Å². The van der Waals surface area contributed by atoms with Crippen molar-refractivity contribution >= 4 is 17.4 Å². The molecule has 1 aliphatic heterocycles. The number of rotatable bonds is 5. The molecular weight excluding hydrogens is 420 g/mol. The number of hydrogen-bond donors (Lipinski definition) is 1. The van der Waals surface area contributed by atoms with Crippen LogP contribution in [0.5, 0.6) is 0 Å². The molecular formula is C26H26N2O5. The number of Topliss-reactive ketones (excluding diaryl/α,β-unsaturated/α-hetero) is 1. The molecule has 170 valence electrons. The van der Waals surface area contributed by atoms with Crippen LogP contribution in [0.15, 0.2) is 77.1 Å². The number of nitro benzene ring substituents is 1. The Bertz CT molecular complexity index is 1180. The highest BCUT2D eigenvalue weighted by molar-refractivity contribution is 6.04. The van der Waals surface area contributed by atoms with E-state index in [-0.39, 0.29) is 23.5 Å². The zero-order chi connectivity index (χ0) is 23.8. The molecule has 1 N–H and O–H groups in total. The molecule has 1 atom stereocenters. The van der Waals surface area contributed by atoms with Gasteiger partial charge in [-0.25, -0.2) is 4.79 Å². The van der Waals surface area contributed by atoms with E-state index in [1.807, 2.05) is 44.2 Å². The second kappa shape index (κ2) is 8.65. The second-order valence-corrected chi connectivity index (χ2v) is 9.34. The van der Waals surface area contributed by atoms with Crippen molar-refractivity contribution in [2.75, 3.05) is 0 Å². The third kappa shape index (κ3) is 4.58. The standard InChI is InChI=1S/C26H26N2O5/c1-16-22(25(30)33-15-17-7-5-4-6-8-17)23(18-9-11-19(12-10-18)28(31)32)24-20(27-16)13-26(2,3)14-21(24)29/h4-12,23,27H,13-15H2,1-3H3/t23-/m0/s1. The van der Waals surface area contributed by atoms with Crippen molar-refractivity contribution in [3.05, 3.63) is 98.4 Å². The summed E-state index contributed by atoms with van der Waals surface area (Å²) in [5.74, 6) is -1.19. The van der Waals surface area contributed by atoms with Gasteiger partial charge in [0.2, 0.25) is 0 Å². The van der Waals surface area contributed by atoms with Gasteiger partial charge in [0.05, 0.1) is 10.5 Å². The number of carbonyl (C=O) groups is 2. The number of nitrogens with zero attached hydrogens (tertiary/aromatic N) is 1. The van der Waals surface area contributed by atoms with Crippen LogP contribution in [0.1, 0.15) is 50.7 Å². The molecule has 2 aromatic carbocycles. The summed E-state index contributed by atoms with van der Waals surface area (Å²) >= 11 is 0. The fourth-order valence-corrected chi connectivity index (χ4v) is 4.63. The lowest BCUT2D eigenvalue weighted by Crippen LogP contribution is -2.38. The van der Waals surface area contributed by atoms with E-state index < -0.39 is 16.8 Å². The van der Waals surface area contributed by atoms with E-state index in [9.17, 15) is 19.7 Å². The maximum atomic E-state index is 13.3. The van der Waals surface area contributed by atoms with Gasteiger partial charge in [-0.15, -0.1) is 0 Å². The SMILES string of the molecule is CC1=C(C(=O)OCc2ccccc2)[C@H](c2ccc([N+](=O)[O-])cc2)C2=C(CC(C)(C)CC2=O)N1. The summed E-state index contributed by atoms with van der Waals surface area (Å²) in [6.45, 7) is 5.99. The average molecular weight is 447 g/mol. The van der Waals surface area contributed by atoms with Crippen molar-refractivity contribution in [1.82, 2.24) is 5.32 Å². The molecule has 0 spiro atoms. The molecule has 0 saturated heterocycles. The van der Waals surface area contributed by atoms with Crippen molar-refractivity contribution in [1.29, 1.82) is 0 Å². The number of nitro groups is 1. The molecule has 0 amide bonds. The first-order valence-corrected chi connectivity index (χ1v) is 10.9. The van der Waals surface area contributed by atoms with E-state index in [4.69, 9.17) is 4.74 Å². The third-order valence-corrected chi connectivity index (χ3v) is 6.11. The summed E-state index contributed by atoms with van der Waals surface area (Å²) < 4.78 is 5.63. The van der Waals surface area contributed by atoms with E-state index in [1.54, 1.807) is 19.1 Å². The molecule has 33 heavy (non-hydrogen) atoms. The summed E-state index contributed by atoms with van der Waals surface area (Å²) in [6, 6.07) is 15.4. The summed E-state index contributed by atoms with van der Waals surface area (Å²) in [6.07, 6.45) is 1.03. The van der Waals surface area contributed by atoms with Gasteiger partial charge in [-0.1, -0.05) is 56.3 Å². The van der Waals surface area contributed by atoms with Crippen molar-refractivity contribution in [3.63, 3.8) is 0 Å². The normalized spacial score (nSPS) is 19.6. The lowest BCUT2D eigenvalue weighted by molar-refractivity contribution is -0.384. The maximum absolute atomic E-state index is 13.3. The number of nitrogens with one attached hydrogen (secondary N) is 1. The van der Waals surface area contributed by atoms with Crippen LogP contribution in [0.3, 0.4) is 0 Å². The number of benzene rings is 2. The number of hydrogen-bond acceptors (Lipinski definition) is 6. The highest BCUT2D eigenvalue weighted by Gasteiger charge is 2.43. The second-order valence-electron chi connectivity index (χ2n) is 9.34. The van der Waals surface area contributed by atoms with Gasteiger partial charge < -0.3 is 10.1 Å². The Morgan fingerprint density at radius 3 is 2.42 bits per heavy atom. The predicted molar refractivity (Wildman–Crippen MR) is 123 cm³/mol.